The Morgan fingerprint density at radius 2 is 2.14 bits per heavy atom. The molecule has 1 aromatic heterocycles. The van der Waals surface area contributed by atoms with Crippen molar-refractivity contribution in [1.29, 1.82) is 0 Å². The van der Waals surface area contributed by atoms with Crippen molar-refractivity contribution >= 4 is 11.9 Å². The maximum absolute atomic E-state index is 13.4. The molecule has 1 N–H and O–H groups in total. The summed E-state index contributed by atoms with van der Waals surface area (Å²) in [7, 11) is 1.26. The van der Waals surface area contributed by atoms with Crippen molar-refractivity contribution in [3.05, 3.63) is 65.7 Å². The summed E-state index contributed by atoms with van der Waals surface area (Å²) >= 11 is 0. The second kappa shape index (κ2) is 7.31. The Balaban J connectivity index is 2.21. The van der Waals surface area contributed by atoms with Crippen LogP contribution < -0.4 is 5.32 Å². The second-order valence-corrected chi connectivity index (χ2v) is 4.60. The molecule has 0 bridgehead atoms. The fourth-order valence-corrected chi connectivity index (χ4v) is 1.96. The summed E-state index contributed by atoms with van der Waals surface area (Å²) in [6, 6.07) is 8.27. The predicted molar refractivity (Wildman–Crippen MR) is 77.5 cm³/mol. The zero-order chi connectivity index (χ0) is 15.9. The molecule has 1 heterocycles. The van der Waals surface area contributed by atoms with Gasteiger partial charge in [0.15, 0.2) is 0 Å². The number of nitrogens with one attached hydrogen (secondary N) is 1. The quantitative estimate of drug-likeness (QED) is 0.860. The lowest BCUT2D eigenvalue weighted by molar-refractivity contribution is -0.141. The van der Waals surface area contributed by atoms with Crippen molar-refractivity contribution < 1.29 is 18.7 Å². The molecule has 2 rings (SSSR count). The Hall–Kier alpha value is -2.76. The lowest BCUT2D eigenvalue weighted by atomic mass is 10.0. The molecule has 22 heavy (non-hydrogen) atoms. The lowest BCUT2D eigenvalue weighted by Crippen LogP contribution is -2.30. The maximum atomic E-state index is 13.4. The third-order valence-electron chi connectivity index (χ3n) is 3.08. The molecule has 0 spiro atoms. The fraction of sp³-hybridized carbons (Fsp3) is 0.188. The molecule has 1 amide bonds. The van der Waals surface area contributed by atoms with Gasteiger partial charge in [-0.3, -0.25) is 14.6 Å². The molecule has 6 heteroatoms. The van der Waals surface area contributed by atoms with Crippen molar-refractivity contribution in [3.63, 3.8) is 0 Å². The van der Waals surface area contributed by atoms with Crippen molar-refractivity contribution in [3.8, 4) is 0 Å². The number of rotatable bonds is 5. The Bertz CT molecular complexity index is 661. The summed E-state index contributed by atoms with van der Waals surface area (Å²) in [5, 5.41) is 2.70. The van der Waals surface area contributed by atoms with Crippen molar-refractivity contribution in [2.24, 2.45) is 0 Å². The maximum Gasteiger partial charge on any atom is 0.307 e. The van der Waals surface area contributed by atoms with Gasteiger partial charge in [-0.25, -0.2) is 4.39 Å². The van der Waals surface area contributed by atoms with Crippen molar-refractivity contribution in [1.82, 2.24) is 10.3 Å². The third-order valence-corrected chi connectivity index (χ3v) is 3.08. The number of aromatic nitrogens is 1. The van der Waals surface area contributed by atoms with E-state index in [-0.39, 0.29) is 6.42 Å². The molecule has 1 aromatic carbocycles. The van der Waals surface area contributed by atoms with Gasteiger partial charge in [0.05, 0.1) is 25.1 Å². The predicted octanol–water partition coefficient (Wildman–Crippen LogP) is 2.25. The minimum absolute atomic E-state index is 0.0913. The molecule has 1 unspecified atom stereocenters. The van der Waals surface area contributed by atoms with E-state index in [9.17, 15) is 14.0 Å². The van der Waals surface area contributed by atoms with Crippen LogP contribution in [-0.2, 0) is 9.53 Å². The monoisotopic (exact) mass is 302 g/mol. The minimum Gasteiger partial charge on any atom is -0.469 e. The van der Waals surface area contributed by atoms with Crippen LogP contribution in [0, 0.1) is 5.82 Å². The van der Waals surface area contributed by atoms with Crippen LogP contribution in [0.3, 0.4) is 0 Å². The molecule has 0 saturated heterocycles. The van der Waals surface area contributed by atoms with Crippen LogP contribution in [0.4, 0.5) is 4.39 Å². The average Bonchev–Trinajstić information content (AvgIpc) is 2.54. The van der Waals surface area contributed by atoms with E-state index in [1.54, 1.807) is 24.4 Å². The molecule has 0 fully saturated rings. The van der Waals surface area contributed by atoms with Crippen molar-refractivity contribution in [2.75, 3.05) is 7.11 Å². The van der Waals surface area contributed by atoms with Gasteiger partial charge in [-0.15, -0.1) is 0 Å². The molecule has 0 aliphatic heterocycles. The number of halogens is 1. The van der Waals surface area contributed by atoms with Crippen LogP contribution in [0.5, 0.6) is 0 Å². The zero-order valence-electron chi connectivity index (χ0n) is 12.0. The normalized spacial score (nSPS) is 11.5. The third kappa shape index (κ3) is 4.12. The Morgan fingerprint density at radius 3 is 2.77 bits per heavy atom. The molecule has 2 aromatic rings. The smallest absolute Gasteiger partial charge is 0.307 e. The summed E-state index contributed by atoms with van der Waals surface area (Å²) in [5.41, 5.74) is 0.844. The molecule has 0 aliphatic carbocycles. The molecule has 0 radical (unpaired) electrons. The number of amides is 1. The van der Waals surface area contributed by atoms with Crippen LogP contribution in [-0.4, -0.2) is 24.0 Å². The molecular formula is C16H15FN2O3. The van der Waals surface area contributed by atoms with E-state index in [1.165, 1.54) is 31.5 Å². The van der Waals surface area contributed by atoms with E-state index in [4.69, 9.17) is 0 Å². The van der Waals surface area contributed by atoms with Gasteiger partial charge in [0.1, 0.15) is 5.82 Å². The van der Waals surface area contributed by atoms with E-state index >= 15 is 0 Å². The summed E-state index contributed by atoms with van der Waals surface area (Å²) in [6.45, 7) is 0. The summed E-state index contributed by atoms with van der Waals surface area (Å²) in [6.07, 6.45) is 2.87. The molecule has 5 nitrogen and oxygen atoms in total. The van der Waals surface area contributed by atoms with Gasteiger partial charge in [-0.2, -0.15) is 0 Å². The van der Waals surface area contributed by atoms with Gasteiger partial charge in [0, 0.05) is 12.4 Å². The first-order valence-corrected chi connectivity index (χ1v) is 6.63. The number of pyridine rings is 1. The number of benzene rings is 1. The van der Waals surface area contributed by atoms with Gasteiger partial charge in [0.2, 0.25) is 0 Å². The number of carbonyl (C=O) groups excluding carboxylic acids is 2. The zero-order valence-corrected chi connectivity index (χ0v) is 12.0. The topological polar surface area (TPSA) is 68.3 Å². The Morgan fingerprint density at radius 1 is 1.32 bits per heavy atom. The summed E-state index contributed by atoms with van der Waals surface area (Å²) in [4.78, 5) is 27.6. The molecule has 0 saturated carbocycles. The Labute approximate surface area is 127 Å². The molecule has 114 valence electrons. The van der Waals surface area contributed by atoms with Crippen LogP contribution >= 0.6 is 0 Å². The number of esters is 1. The Kier molecular flexibility index (Phi) is 5.19. The first-order valence-electron chi connectivity index (χ1n) is 6.63. The van der Waals surface area contributed by atoms with Crippen LogP contribution in [0.25, 0.3) is 0 Å². The number of hydrogen-bond acceptors (Lipinski definition) is 4. The van der Waals surface area contributed by atoms with Crippen LogP contribution in [0.1, 0.15) is 28.4 Å². The SMILES string of the molecule is COC(=O)CC(NC(=O)c1cccnc1)c1cccc(F)c1. The number of nitrogens with zero attached hydrogens (tertiary/aromatic N) is 1. The van der Waals surface area contributed by atoms with Gasteiger partial charge in [-0.05, 0) is 29.8 Å². The average molecular weight is 302 g/mol. The number of methoxy groups -OCH3 is 1. The molecule has 0 aliphatic rings. The lowest BCUT2D eigenvalue weighted by Gasteiger charge is -2.18. The highest BCUT2D eigenvalue weighted by atomic mass is 19.1. The minimum atomic E-state index is -0.684. The summed E-state index contributed by atoms with van der Waals surface area (Å²) < 4.78 is 18.0. The van der Waals surface area contributed by atoms with E-state index in [0.29, 0.717) is 11.1 Å². The largest absolute Gasteiger partial charge is 0.469 e. The fourth-order valence-electron chi connectivity index (χ4n) is 1.96. The highest BCUT2D eigenvalue weighted by Crippen LogP contribution is 2.19. The number of hydrogen-bond donors (Lipinski definition) is 1. The van der Waals surface area contributed by atoms with E-state index < -0.39 is 23.7 Å². The van der Waals surface area contributed by atoms with Gasteiger partial charge in [0.25, 0.3) is 5.91 Å². The first kappa shape index (κ1) is 15.6. The van der Waals surface area contributed by atoms with Crippen LogP contribution in [0.2, 0.25) is 0 Å². The molecule has 1 atom stereocenters. The van der Waals surface area contributed by atoms with Gasteiger partial charge < -0.3 is 10.1 Å². The van der Waals surface area contributed by atoms with Gasteiger partial charge >= 0.3 is 5.97 Å². The highest BCUT2D eigenvalue weighted by molar-refractivity contribution is 5.94. The standard InChI is InChI=1S/C16H15FN2O3/c1-22-15(20)9-14(11-4-2-6-13(17)8-11)19-16(21)12-5-3-7-18-10-12/h2-8,10,14H,9H2,1H3,(H,19,21). The van der Waals surface area contributed by atoms with E-state index in [2.05, 4.69) is 15.0 Å². The molecular weight excluding hydrogens is 287 g/mol. The second-order valence-electron chi connectivity index (χ2n) is 4.60. The summed E-state index contributed by atoms with van der Waals surface area (Å²) in [5.74, 6) is -1.34. The van der Waals surface area contributed by atoms with Crippen molar-refractivity contribution in [2.45, 2.75) is 12.5 Å². The van der Waals surface area contributed by atoms with E-state index in [0.717, 1.165) is 0 Å². The highest BCUT2D eigenvalue weighted by Gasteiger charge is 2.20. The van der Waals surface area contributed by atoms with E-state index in [1.807, 2.05) is 0 Å². The van der Waals surface area contributed by atoms with Gasteiger partial charge in [-0.1, -0.05) is 12.1 Å². The van der Waals surface area contributed by atoms with Crippen LogP contribution in [0.15, 0.2) is 48.8 Å². The first-order chi connectivity index (χ1) is 10.6. The number of ether oxygens (including phenoxy) is 1. The number of carbonyl (C=O) groups is 2.